The molecule has 10 heteroatoms. The van der Waals surface area contributed by atoms with E-state index in [-0.39, 0.29) is 0 Å². The maximum atomic E-state index is 6.18. The van der Waals surface area contributed by atoms with Crippen LogP contribution in [0.2, 0.25) is 10.0 Å². The Morgan fingerprint density at radius 3 is 1.72 bits per heavy atom. The Hall–Kier alpha value is -2.97. The minimum absolute atomic E-state index is 0.365. The first kappa shape index (κ1) is 22.2. The molecule has 1 aromatic heterocycles. The van der Waals surface area contributed by atoms with Crippen molar-refractivity contribution in [2.75, 3.05) is 42.8 Å². The highest BCUT2D eigenvalue weighted by Crippen LogP contribution is 2.32. The molecule has 0 bridgehead atoms. The fourth-order valence-electron chi connectivity index (χ4n) is 3.51. The van der Waals surface area contributed by atoms with E-state index in [4.69, 9.17) is 32.7 Å². The van der Waals surface area contributed by atoms with Crippen molar-refractivity contribution >= 4 is 52.4 Å². The third-order valence-corrected chi connectivity index (χ3v) is 5.55. The summed E-state index contributed by atoms with van der Waals surface area (Å²) in [5, 5.41) is 7.57. The zero-order valence-electron chi connectivity index (χ0n) is 17.9. The molecule has 8 nitrogen and oxygen atoms in total. The summed E-state index contributed by atoms with van der Waals surface area (Å²) in [6.45, 7) is 1.79. The Kier molecular flexibility index (Phi) is 7.02. The van der Waals surface area contributed by atoms with Gasteiger partial charge < -0.3 is 25.0 Å². The molecule has 0 radical (unpaired) electrons. The summed E-state index contributed by atoms with van der Waals surface area (Å²) in [5.74, 6) is 2.57. The second-order valence-corrected chi connectivity index (χ2v) is 8.14. The van der Waals surface area contributed by atoms with Crippen molar-refractivity contribution < 1.29 is 9.47 Å². The SMILES string of the molecule is COc1ccc(Cl)cc1Nc1nc(Nc2cc(Cl)ccc2OC)nc(N2CCCCC2)n1. The molecule has 1 saturated heterocycles. The fraction of sp³-hybridized carbons (Fsp3) is 0.318. The van der Waals surface area contributed by atoms with Crippen molar-refractivity contribution in [3.05, 3.63) is 46.4 Å². The summed E-state index contributed by atoms with van der Waals surface area (Å²) in [4.78, 5) is 16.0. The van der Waals surface area contributed by atoms with Crippen LogP contribution in [0.15, 0.2) is 36.4 Å². The first-order valence-corrected chi connectivity index (χ1v) is 11.0. The Balaban J connectivity index is 1.72. The smallest absolute Gasteiger partial charge is 0.233 e. The second kappa shape index (κ2) is 10.1. The van der Waals surface area contributed by atoms with Crippen LogP contribution in [0.4, 0.5) is 29.2 Å². The van der Waals surface area contributed by atoms with E-state index >= 15 is 0 Å². The first-order chi connectivity index (χ1) is 15.6. The van der Waals surface area contributed by atoms with Crippen LogP contribution in [0.3, 0.4) is 0 Å². The summed E-state index contributed by atoms with van der Waals surface area (Å²) in [6, 6.07) is 10.6. The number of hydrogen-bond donors (Lipinski definition) is 2. The van der Waals surface area contributed by atoms with E-state index in [0.717, 1.165) is 25.9 Å². The van der Waals surface area contributed by atoms with Gasteiger partial charge in [-0.3, -0.25) is 0 Å². The van der Waals surface area contributed by atoms with E-state index in [2.05, 4.69) is 30.5 Å². The number of piperidine rings is 1. The Morgan fingerprint density at radius 2 is 1.25 bits per heavy atom. The molecule has 0 atom stereocenters. The van der Waals surface area contributed by atoms with Gasteiger partial charge in [0.25, 0.3) is 0 Å². The standard InChI is InChI=1S/C22H24Cl2N6O2/c1-31-18-8-6-14(23)12-16(18)25-20-27-21(26-17-13-15(24)7-9-19(17)32-2)29-22(28-20)30-10-4-3-5-11-30/h6-9,12-13H,3-5,10-11H2,1-2H3,(H2,25,26,27,28,29). The van der Waals surface area contributed by atoms with Crippen LogP contribution in [-0.2, 0) is 0 Å². The van der Waals surface area contributed by atoms with Crippen LogP contribution in [0.1, 0.15) is 19.3 Å². The summed E-state index contributed by atoms with van der Waals surface area (Å²) in [6.07, 6.45) is 3.40. The summed E-state index contributed by atoms with van der Waals surface area (Å²) in [7, 11) is 3.19. The number of halogens is 2. The zero-order chi connectivity index (χ0) is 22.5. The molecular formula is C22H24Cl2N6O2. The topological polar surface area (TPSA) is 84.4 Å². The van der Waals surface area contributed by atoms with Gasteiger partial charge in [-0.1, -0.05) is 23.2 Å². The number of ether oxygens (including phenoxy) is 2. The monoisotopic (exact) mass is 474 g/mol. The molecule has 0 saturated carbocycles. The molecule has 0 spiro atoms. The molecule has 32 heavy (non-hydrogen) atoms. The average molecular weight is 475 g/mol. The van der Waals surface area contributed by atoms with Crippen molar-refractivity contribution in [3.63, 3.8) is 0 Å². The van der Waals surface area contributed by atoms with Gasteiger partial charge in [-0.15, -0.1) is 0 Å². The molecule has 168 valence electrons. The van der Waals surface area contributed by atoms with E-state index < -0.39 is 0 Å². The molecule has 0 amide bonds. The van der Waals surface area contributed by atoms with E-state index in [1.807, 2.05) is 0 Å². The molecule has 4 rings (SSSR count). The Labute approximate surface area is 196 Å². The lowest BCUT2D eigenvalue weighted by atomic mass is 10.1. The highest BCUT2D eigenvalue weighted by Gasteiger charge is 2.18. The van der Waals surface area contributed by atoms with Crippen LogP contribution in [0.25, 0.3) is 0 Å². The predicted molar refractivity (Wildman–Crippen MR) is 128 cm³/mol. The van der Waals surface area contributed by atoms with Crippen molar-refractivity contribution in [2.24, 2.45) is 0 Å². The number of rotatable bonds is 7. The van der Waals surface area contributed by atoms with Gasteiger partial charge in [-0.05, 0) is 55.7 Å². The van der Waals surface area contributed by atoms with Crippen molar-refractivity contribution in [2.45, 2.75) is 19.3 Å². The number of nitrogens with one attached hydrogen (secondary N) is 2. The van der Waals surface area contributed by atoms with Gasteiger partial charge in [0.05, 0.1) is 25.6 Å². The fourth-order valence-corrected chi connectivity index (χ4v) is 3.85. The molecule has 3 aromatic rings. The van der Waals surface area contributed by atoms with Gasteiger partial charge in [0.2, 0.25) is 17.8 Å². The summed E-state index contributed by atoms with van der Waals surface area (Å²) in [5.41, 5.74) is 1.31. The number of anilines is 5. The predicted octanol–water partition coefficient (Wildman–Crippen LogP) is 5.67. The number of aromatic nitrogens is 3. The Bertz CT molecular complexity index is 1020. The molecule has 1 aliphatic heterocycles. The van der Waals surface area contributed by atoms with Gasteiger partial charge in [0.15, 0.2) is 0 Å². The third kappa shape index (κ3) is 5.26. The van der Waals surface area contributed by atoms with Crippen LogP contribution >= 0.6 is 23.2 Å². The largest absolute Gasteiger partial charge is 0.495 e. The van der Waals surface area contributed by atoms with Gasteiger partial charge in [0, 0.05) is 23.1 Å². The van der Waals surface area contributed by atoms with Crippen LogP contribution in [0, 0.1) is 0 Å². The summed E-state index contributed by atoms with van der Waals surface area (Å²) >= 11 is 12.4. The number of nitrogens with zero attached hydrogens (tertiary/aromatic N) is 4. The quantitative estimate of drug-likeness (QED) is 0.452. The molecular weight excluding hydrogens is 451 g/mol. The highest BCUT2D eigenvalue weighted by atomic mass is 35.5. The third-order valence-electron chi connectivity index (χ3n) is 5.08. The van der Waals surface area contributed by atoms with Crippen molar-refractivity contribution in [1.82, 2.24) is 15.0 Å². The van der Waals surface area contributed by atoms with Crippen LogP contribution in [0.5, 0.6) is 11.5 Å². The van der Waals surface area contributed by atoms with Gasteiger partial charge in [-0.2, -0.15) is 15.0 Å². The van der Waals surface area contributed by atoms with Gasteiger partial charge in [0.1, 0.15) is 11.5 Å². The lowest BCUT2D eigenvalue weighted by Crippen LogP contribution is -2.31. The normalized spacial score (nSPS) is 13.6. The molecule has 1 fully saturated rings. The van der Waals surface area contributed by atoms with Crippen LogP contribution < -0.4 is 25.0 Å². The van der Waals surface area contributed by atoms with Gasteiger partial charge >= 0.3 is 0 Å². The first-order valence-electron chi connectivity index (χ1n) is 10.3. The minimum atomic E-state index is 0.365. The molecule has 2 aromatic carbocycles. The van der Waals surface area contributed by atoms with E-state index in [1.165, 1.54) is 6.42 Å². The highest BCUT2D eigenvalue weighted by molar-refractivity contribution is 6.31. The van der Waals surface area contributed by atoms with Crippen LogP contribution in [-0.4, -0.2) is 42.3 Å². The molecule has 0 aliphatic carbocycles. The maximum Gasteiger partial charge on any atom is 0.233 e. The molecule has 0 unspecified atom stereocenters. The number of hydrogen-bond acceptors (Lipinski definition) is 8. The zero-order valence-corrected chi connectivity index (χ0v) is 19.4. The molecule has 2 heterocycles. The average Bonchev–Trinajstić information content (AvgIpc) is 2.80. The van der Waals surface area contributed by atoms with E-state index in [0.29, 0.717) is 50.8 Å². The van der Waals surface area contributed by atoms with E-state index in [1.54, 1.807) is 50.6 Å². The van der Waals surface area contributed by atoms with Crippen molar-refractivity contribution in [1.29, 1.82) is 0 Å². The Morgan fingerprint density at radius 1 is 0.750 bits per heavy atom. The maximum absolute atomic E-state index is 6.18. The molecule has 1 aliphatic rings. The van der Waals surface area contributed by atoms with E-state index in [9.17, 15) is 0 Å². The second-order valence-electron chi connectivity index (χ2n) is 7.27. The minimum Gasteiger partial charge on any atom is -0.495 e. The summed E-state index contributed by atoms with van der Waals surface area (Å²) < 4.78 is 10.9. The lowest BCUT2D eigenvalue weighted by Gasteiger charge is -2.27. The molecule has 2 N–H and O–H groups in total. The number of methoxy groups -OCH3 is 2. The lowest BCUT2D eigenvalue weighted by molar-refractivity contribution is 0.417. The van der Waals surface area contributed by atoms with Crippen molar-refractivity contribution in [3.8, 4) is 11.5 Å². The van der Waals surface area contributed by atoms with Gasteiger partial charge in [-0.25, -0.2) is 0 Å². The number of benzene rings is 2.